The number of hydrogen-bond donors (Lipinski definition) is 2. The van der Waals surface area contributed by atoms with Gasteiger partial charge in [-0.05, 0) is 39.3 Å². The quantitative estimate of drug-likeness (QED) is 0.700. The van der Waals surface area contributed by atoms with Gasteiger partial charge in [0.2, 0.25) is 5.91 Å². The predicted octanol–water partition coefficient (Wildman–Crippen LogP) is 0.182. The predicted molar refractivity (Wildman–Crippen MR) is 61.5 cm³/mol. The molecule has 1 heterocycles. The third-order valence-corrected chi connectivity index (χ3v) is 3.28. The molecule has 15 heavy (non-hydrogen) atoms. The van der Waals surface area contributed by atoms with E-state index in [2.05, 4.69) is 17.1 Å². The van der Waals surface area contributed by atoms with Gasteiger partial charge in [-0.1, -0.05) is 0 Å². The van der Waals surface area contributed by atoms with Gasteiger partial charge in [-0.3, -0.25) is 9.69 Å². The lowest BCUT2D eigenvalue weighted by Gasteiger charge is -2.36. The maximum atomic E-state index is 11.5. The smallest absolute Gasteiger partial charge is 0.224 e. The van der Waals surface area contributed by atoms with Gasteiger partial charge in [-0.2, -0.15) is 0 Å². The van der Waals surface area contributed by atoms with E-state index >= 15 is 0 Å². The Kier molecular flexibility index (Phi) is 5.05. The van der Waals surface area contributed by atoms with Gasteiger partial charge in [0.05, 0.1) is 5.92 Å². The van der Waals surface area contributed by atoms with Crippen LogP contribution >= 0.6 is 0 Å². The Morgan fingerprint density at radius 2 is 2.40 bits per heavy atom. The first kappa shape index (κ1) is 12.5. The lowest BCUT2D eigenvalue weighted by atomic mass is 9.95. The fourth-order valence-corrected chi connectivity index (χ4v) is 2.25. The first-order valence-electron chi connectivity index (χ1n) is 5.84. The minimum Gasteiger partial charge on any atom is -0.359 e. The van der Waals surface area contributed by atoms with Crippen molar-refractivity contribution < 1.29 is 4.79 Å². The molecule has 0 spiro atoms. The summed E-state index contributed by atoms with van der Waals surface area (Å²) in [5, 5.41) is 2.74. The molecular weight excluding hydrogens is 190 g/mol. The lowest BCUT2D eigenvalue weighted by Crippen LogP contribution is -2.46. The molecule has 1 saturated heterocycles. The van der Waals surface area contributed by atoms with Crippen LogP contribution in [0.5, 0.6) is 0 Å². The molecule has 4 nitrogen and oxygen atoms in total. The van der Waals surface area contributed by atoms with Crippen LogP contribution in [0, 0.1) is 5.92 Å². The molecule has 0 saturated carbocycles. The number of piperidine rings is 1. The highest BCUT2D eigenvalue weighted by molar-refractivity contribution is 5.78. The number of nitrogens with zero attached hydrogens (tertiary/aromatic N) is 1. The van der Waals surface area contributed by atoms with Crippen LogP contribution in [0.15, 0.2) is 0 Å². The molecule has 1 aliphatic heterocycles. The minimum atomic E-state index is 0.170. The first-order valence-corrected chi connectivity index (χ1v) is 5.84. The zero-order chi connectivity index (χ0) is 11.3. The van der Waals surface area contributed by atoms with Gasteiger partial charge >= 0.3 is 0 Å². The summed E-state index contributed by atoms with van der Waals surface area (Å²) in [4.78, 5) is 13.9. The zero-order valence-electron chi connectivity index (χ0n) is 9.83. The van der Waals surface area contributed by atoms with Gasteiger partial charge in [0.1, 0.15) is 0 Å². The summed E-state index contributed by atoms with van der Waals surface area (Å²) in [5.74, 6) is 0.351. The number of carbonyl (C=O) groups excluding carboxylic acids is 1. The molecule has 0 bridgehead atoms. The van der Waals surface area contributed by atoms with Crippen LogP contribution in [-0.4, -0.2) is 43.5 Å². The Bertz CT molecular complexity index is 208. The standard InChI is InChI=1S/C11H23N3O/c1-9(5-6-12)14-7-3-4-10(8-14)11(15)13-2/h9-10H,3-8,12H2,1-2H3,(H,13,15). The number of amides is 1. The molecule has 3 N–H and O–H groups in total. The number of nitrogens with two attached hydrogens (primary N) is 1. The summed E-state index contributed by atoms with van der Waals surface area (Å²) in [5.41, 5.74) is 5.55. The molecule has 0 radical (unpaired) electrons. The molecular formula is C11H23N3O. The van der Waals surface area contributed by atoms with E-state index < -0.39 is 0 Å². The molecule has 2 unspecified atom stereocenters. The number of rotatable bonds is 4. The highest BCUT2D eigenvalue weighted by atomic mass is 16.1. The molecule has 0 aromatic heterocycles. The third-order valence-electron chi connectivity index (χ3n) is 3.28. The zero-order valence-corrected chi connectivity index (χ0v) is 9.83. The summed E-state index contributed by atoms with van der Waals surface area (Å²) in [7, 11) is 1.71. The Balaban J connectivity index is 2.44. The van der Waals surface area contributed by atoms with Gasteiger partial charge in [0.25, 0.3) is 0 Å². The molecule has 2 atom stereocenters. The topological polar surface area (TPSA) is 58.4 Å². The van der Waals surface area contributed by atoms with Crippen LogP contribution in [0.4, 0.5) is 0 Å². The van der Waals surface area contributed by atoms with Crippen LogP contribution in [0.2, 0.25) is 0 Å². The number of hydrogen-bond acceptors (Lipinski definition) is 3. The number of nitrogens with one attached hydrogen (secondary N) is 1. The maximum Gasteiger partial charge on any atom is 0.224 e. The second-order valence-corrected chi connectivity index (χ2v) is 4.37. The first-order chi connectivity index (χ1) is 7.19. The maximum absolute atomic E-state index is 11.5. The van der Waals surface area contributed by atoms with Gasteiger partial charge in [0, 0.05) is 19.6 Å². The van der Waals surface area contributed by atoms with Crippen molar-refractivity contribution >= 4 is 5.91 Å². The second kappa shape index (κ2) is 6.08. The SMILES string of the molecule is CNC(=O)C1CCCN(C(C)CCN)C1. The molecule has 0 aromatic carbocycles. The summed E-state index contributed by atoms with van der Waals surface area (Å²) >= 11 is 0. The average molecular weight is 213 g/mol. The van der Waals surface area contributed by atoms with Crippen molar-refractivity contribution in [3.8, 4) is 0 Å². The molecule has 4 heteroatoms. The molecule has 88 valence electrons. The summed E-state index contributed by atoms with van der Waals surface area (Å²) in [6, 6.07) is 0.502. The van der Waals surface area contributed by atoms with E-state index in [1.54, 1.807) is 7.05 Å². The minimum absolute atomic E-state index is 0.170. The van der Waals surface area contributed by atoms with Crippen LogP contribution in [0.3, 0.4) is 0 Å². The highest BCUT2D eigenvalue weighted by Crippen LogP contribution is 2.19. The molecule has 1 aliphatic rings. The van der Waals surface area contributed by atoms with Crippen molar-refractivity contribution in [1.82, 2.24) is 10.2 Å². The van der Waals surface area contributed by atoms with E-state index in [1.807, 2.05) is 0 Å². The molecule has 1 fully saturated rings. The summed E-state index contributed by atoms with van der Waals surface area (Å²) in [6.45, 7) is 4.91. The van der Waals surface area contributed by atoms with Crippen molar-refractivity contribution in [3.05, 3.63) is 0 Å². The van der Waals surface area contributed by atoms with E-state index in [4.69, 9.17) is 5.73 Å². The van der Waals surface area contributed by atoms with Crippen molar-refractivity contribution in [3.63, 3.8) is 0 Å². The van der Waals surface area contributed by atoms with Gasteiger partial charge in [-0.25, -0.2) is 0 Å². The Morgan fingerprint density at radius 3 is 3.00 bits per heavy atom. The van der Waals surface area contributed by atoms with Crippen LogP contribution in [-0.2, 0) is 4.79 Å². The normalized spacial score (nSPS) is 24.9. The Morgan fingerprint density at radius 1 is 1.67 bits per heavy atom. The number of likely N-dealkylation sites (tertiary alicyclic amines) is 1. The largest absolute Gasteiger partial charge is 0.359 e. The molecule has 1 amide bonds. The van der Waals surface area contributed by atoms with Gasteiger partial charge in [0.15, 0.2) is 0 Å². The van der Waals surface area contributed by atoms with E-state index in [-0.39, 0.29) is 11.8 Å². The van der Waals surface area contributed by atoms with E-state index in [0.717, 1.165) is 38.9 Å². The van der Waals surface area contributed by atoms with Crippen LogP contribution < -0.4 is 11.1 Å². The summed E-state index contributed by atoms with van der Waals surface area (Å²) < 4.78 is 0. The van der Waals surface area contributed by atoms with Crippen molar-refractivity contribution in [2.45, 2.75) is 32.2 Å². The lowest BCUT2D eigenvalue weighted by molar-refractivity contribution is -0.126. The highest BCUT2D eigenvalue weighted by Gasteiger charge is 2.27. The van der Waals surface area contributed by atoms with E-state index in [9.17, 15) is 4.79 Å². The third kappa shape index (κ3) is 3.47. The van der Waals surface area contributed by atoms with Crippen molar-refractivity contribution in [2.75, 3.05) is 26.7 Å². The fraction of sp³-hybridized carbons (Fsp3) is 0.909. The van der Waals surface area contributed by atoms with Crippen LogP contribution in [0.1, 0.15) is 26.2 Å². The fourth-order valence-electron chi connectivity index (χ4n) is 2.25. The van der Waals surface area contributed by atoms with Gasteiger partial charge < -0.3 is 11.1 Å². The van der Waals surface area contributed by atoms with E-state index in [1.165, 1.54) is 0 Å². The van der Waals surface area contributed by atoms with Crippen LogP contribution in [0.25, 0.3) is 0 Å². The molecule has 0 aliphatic carbocycles. The molecule has 1 rings (SSSR count). The van der Waals surface area contributed by atoms with Crippen molar-refractivity contribution in [2.24, 2.45) is 11.7 Å². The molecule has 0 aromatic rings. The average Bonchev–Trinajstić information content (AvgIpc) is 2.28. The monoisotopic (exact) mass is 213 g/mol. The number of carbonyl (C=O) groups is 1. The second-order valence-electron chi connectivity index (χ2n) is 4.37. The Hall–Kier alpha value is -0.610. The van der Waals surface area contributed by atoms with E-state index in [0.29, 0.717) is 6.04 Å². The summed E-state index contributed by atoms with van der Waals surface area (Å²) in [6.07, 6.45) is 3.15. The Labute approximate surface area is 92.2 Å². The van der Waals surface area contributed by atoms with Gasteiger partial charge in [-0.15, -0.1) is 0 Å². The van der Waals surface area contributed by atoms with Crippen molar-refractivity contribution in [1.29, 1.82) is 0 Å².